The Kier molecular flexibility index (Phi) is 5.33. The Bertz CT molecular complexity index is 1220. The van der Waals surface area contributed by atoms with Crippen LogP contribution >= 0.6 is 11.8 Å². The van der Waals surface area contributed by atoms with Crippen LogP contribution in [0.1, 0.15) is 17.8 Å². The van der Waals surface area contributed by atoms with Crippen molar-refractivity contribution in [3.05, 3.63) is 59.9 Å². The SMILES string of the molecule is COC(=O)CCc1ccc(Sc2nc3ccccc3n3c(C(F)(F)F)nnc23)cc1. The number of carbonyl (C=O) groups excluding carboxylic acids is 1. The first kappa shape index (κ1) is 20.1. The monoisotopic (exact) mass is 432 g/mol. The van der Waals surface area contributed by atoms with Gasteiger partial charge < -0.3 is 4.74 Å². The lowest BCUT2D eigenvalue weighted by Crippen LogP contribution is -2.11. The summed E-state index contributed by atoms with van der Waals surface area (Å²) >= 11 is 1.20. The van der Waals surface area contributed by atoms with Crippen molar-refractivity contribution in [2.45, 2.75) is 28.9 Å². The smallest absolute Gasteiger partial charge is 0.452 e. The summed E-state index contributed by atoms with van der Waals surface area (Å²) in [5.74, 6) is -1.38. The second-order valence-corrected chi connectivity index (χ2v) is 7.47. The van der Waals surface area contributed by atoms with E-state index in [2.05, 4.69) is 19.9 Å². The first-order chi connectivity index (χ1) is 14.4. The molecular formula is C20H15F3N4O2S. The number of methoxy groups -OCH3 is 1. The summed E-state index contributed by atoms with van der Waals surface area (Å²) in [5.41, 5.74) is 1.68. The summed E-state index contributed by atoms with van der Waals surface area (Å²) in [7, 11) is 1.34. The van der Waals surface area contributed by atoms with Crippen molar-refractivity contribution in [2.24, 2.45) is 0 Å². The molecule has 10 heteroatoms. The first-order valence-electron chi connectivity index (χ1n) is 8.91. The van der Waals surface area contributed by atoms with Crippen LogP contribution in [0.3, 0.4) is 0 Å². The van der Waals surface area contributed by atoms with E-state index < -0.39 is 12.0 Å². The highest BCUT2D eigenvalue weighted by atomic mass is 32.2. The number of fused-ring (bicyclic) bond motifs is 3. The highest BCUT2D eigenvalue weighted by Gasteiger charge is 2.38. The van der Waals surface area contributed by atoms with Crippen LogP contribution in [0.4, 0.5) is 13.2 Å². The average molecular weight is 432 g/mol. The normalized spacial score (nSPS) is 11.9. The summed E-state index contributed by atoms with van der Waals surface area (Å²) < 4.78 is 46.0. The van der Waals surface area contributed by atoms with E-state index in [1.807, 2.05) is 24.3 Å². The zero-order valence-corrected chi connectivity index (χ0v) is 16.5. The van der Waals surface area contributed by atoms with Crippen LogP contribution < -0.4 is 0 Å². The zero-order valence-electron chi connectivity index (χ0n) is 15.7. The van der Waals surface area contributed by atoms with Crippen LogP contribution in [0, 0.1) is 0 Å². The molecule has 2 aromatic heterocycles. The van der Waals surface area contributed by atoms with E-state index >= 15 is 0 Å². The van der Waals surface area contributed by atoms with Crippen LogP contribution in [0.25, 0.3) is 16.7 Å². The Balaban J connectivity index is 1.70. The fourth-order valence-electron chi connectivity index (χ4n) is 2.99. The molecule has 2 aromatic carbocycles. The molecular weight excluding hydrogens is 417 g/mol. The third kappa shape index (κ3) is 3.95. The van der Waals surface area contributed by atoms with Crippen molar-refractivity contribution >= 4 is 34.4 Å². The van der Waals surface area contributed by atoms with Crippen LogP contribution in [0.5, 0.6) is 0 Å². The highest BCUT2D eigenvalue weighted by molar-refractivity contribution is 7.99. The van der Waals surface area contributed by atoms with Gasteiger partial charge in [0.2, 0.25) is 5.82 Å². The van der Waals surface area contributed by atoms with Crippen LogP contribution in [-0.4, -0.2) is 32.7 Å². The second kappa shape index (κ2) is 7.94. The van der Waals surface area contributed by atoms with Crippen molar-refractivity contribution in [3.63, 3.8) is 0 Å². The van der Waals surface area contributed by atoms with Gasteiger partial charge in [-0.15, -0.1) is 10.2 Å². The minimum atomic E-state index is -4.65. The number of aryl methyl sites for hydroxylation is 1. The lowest BCUT2D eigenvalue weighted by atomic mass is 10.1. The van der Waals surface area contributed by atoms with Gasteiger partial charge in [-0.25, -0.2) is 4.98 Å². The largest absolute Gasteiger partial charge is 0.469 e. The number of benzene rings is 2. The maximum Gasteiger partial charge on any atom is 0.452 e. The lowest BCUT2D eigenvalue weighted by molar-refractivity contribution is -0.145. The lowest BCUT2D eigenvalue weighted by Gasteiger charge is -2.10. The molecule has 0 aliphatic heterocycles. The number of alkyl halides is 3. The van der Waals surface area contributed by atoms with E-state index in [0.717, 1.165) is 14.9 Å². The quantitative estimate of drug-likeness (QED) is 0.431. The minimum absolute atomic E-state index is 0.0424. The topological polar surface area (TPSA) is 69.4 Å². The Morgan fingerprint density at radius 1 is 1.10 bits per heavy atom. The van der Waals surface area contributed by atoms with Crippen molar-refractivity contribution in [1.29, 1.82) is 0 Å². The van der Waals surface area contributed by atoms with Crippen molar-refractivity contribution in [3.8, 4) is 0 Å². The number of aromatic nitrogens is 4. The predicted octanol–water partition coefficient (Wildman–Crippen LogP) is 4.55. The number of halogens is 3. The van der Waals surface area contributed by atoms with Gasteiger partial charge in [0.25, 0.3) is 0 Å². The Morgan fingerprint density at radius 3 is 2.53 bits per heavy atom. The van der Waals surface area contributed by atoms with E-state index in [1.54, 1.807) is 24.3 Å². The fraction of sp³-hybridized carbons (Fsp3) is 0.200. The van der Waals surface area contributed by atoms with Gasteiger partial charge in [0.05, 0.1) is 18.1 Å². The van der Waals surface area contributed by atoms with Gasteiger partial charge in [-0.2, -0.15) is 13.2 Å². The average Bonchev–Trinajstić information content (AvgIpc) is 3.19. The minimum Gasteiger partial charge on any atom is -0.469 e. The number of hydrogen-bond acceptors (Lipinski definition) is 6. The molecule has 0 saturated heterocycles. The molecule has 0 bridgehead atoms. The second-order valence-electron chi connectivity index (χ2n) is 6.41. The summed E-state index contributed by atoms with van der Waals surface area (Å²) in [6.45, 7) is 0. The number of rotatable bonds is 5. The van der Waals surface area contributed by atoms with E-state index in [4.69, 9.17) is 0 Å². The summed E-state index contributed by atoms with van der Waals surface area (Å²) in [4.78, 5) is 16.5. The molecule has 4 rings (SSSR count). The molecule has 0 fully saturated rings. The molecule has 6 nitrogen and oxygen atoms in total. The Morgan fingerprint density at radius 2 is 1.83 bits per heavy atom. The van der Waals surface area contributed by atoms with Gasteiger partial charge in [-0.3, -0.25) is 9.20 Å². The van der Waals surface area contributed by atoms with E-state index in [1.165, 1.54) is 18.9 Å². The molecule has 0 amide bonds. The van der Waals surface area contributed by atoms with Gasteiger partial charge in [-0.05, 0) is 36.2 Å². The molecule has 2 heterocycles. The third-order valence-electron chi connectivity index (χ3n) is 4.44. The standard InChI is InChI=1S/C20H15F3N4O2S/c1-29-16(28)11-8-12-6-9-13(10-7-12)30-18-17-25-26-19(20(21,22)23)27(17)15-5-3-2-4-14(15)24-18/h2-7,9-10H,8,11H2,1H3. The number of esters is 1. The summed E-state index contributed by atoms with van der Waals surface area (Å²) in [6.07, 6.45) is -3.84. The number of para-hydroxylation sites is 2. The molecule has 0 aliphatic rings. The van der Waals surface area contributed by atoms with Gasteiger partial charge in [0.1, 0.15) is 5.03 Å². The molecule has 4 aromatic rings. The summed E-state index contributed by atoms with van der Waals surface area (Å²) in [6, 6.07) is 13.9. The van der Waals surface area contributed by atoms with Crippen molar-refractivity contribution in [1.82, 2.24) is 19.6 Å². The van der Waals surface area contributed by atoms with Crippen molar-refractivity contribution in [2.75, 3.05) is 7.11 Å². The molecule has 0 aliphatic carbocycles. The molecule has 0 unspecified atom stereocenters. The van der Waals surface area contributed by atoms with Gasteiger partial charge in [0.15, 0.2) is 5.65 Å². The molecule has 0 spiro atoms. The Labute approximate surface area is 173 Å². The highest BCUT2D eigenvalue weighted by Crippen LogP contribution is 2.35. The predicted molar refractivity (Wildman–Crippen MR) is 104 cm³/mol. The molecule has 0 radical (unpaired) electrons. The summed E-state index contributed by atoms with van der Waals surface area (Å²) in [5, 5.41) is 7.46. The van der Waals surface area contributed by atoms with Crippen LogP contribution in [-0.2, 0) is 22.1 Å². The Hall–Kier alpha value is -3.14. The number of ether oxygens (including phenoxy) is 1. The molecule has 154 valence electrons. The van der Waals surface area contributed by atoms with Gasteiger partial charge >= 0.3 is 12.1 Å². The first-order valence-corrected chi connectivity index (χ1v) is 9.73. The van der Waals surface area contributed by atoms with Gasteiger partial charge in [-0.1, -0.05) is 36.0 Å². The number of carbonyl (C=O) groups is 1. The number of hydrogen-bond donors (Lipinski definition) is 0. The maximum absolute atomic E-state index is 13.5. The van der Waals surface area contributed by atoms with Crippen LogP contribution in [0.15, 0.2) is 58.5 Å². The number of nitrogens with zero attached hydrogens (tertiary/aromatic N) is 4. The van der Waals surface area contributed by atoms with E-state index in [-0.39, 0.29) is 23.6 Å². The zero-order chi connectivity index (χ0) is 21.3. The third-order valence-corrected chi connectivity index (χ3v) is 5.41. The molecule has 30 heavy (non-hydrogen) atoms. The maximum atomic E-state index is 13.5. The molecule has 0 saturated carbocycles. The van der Waals surface area contributed by atoms with Crippen LogP contribution in [0.2, 0.25) is 0 Å². The van der Waals surface area contributed by atoms with E-state index in [0.29, 0.717) is 17.0 Å². The van der Waals surface area contributed by atoms with Gasteiger partial charge in [0, 0.05) is 11.3 Å². The fourth-order valence-corrected chi connectivity index (χ4v) is 3.86. The molecule has 0 atom stereocenters. The molecule has 0 N–H and O–H groups in total. The van der Waals surface area contributed by atoms with E-state index in [9.17, 15) is 18.0 Å². The van der Waals surface area contributed by atoms with Crippen molar-refractivity contribution < 1.29 is 22.7 Å².